The second-order valence-corrected chi connectivity index (χ2v) is 10.5. The molecule has 0 atom stereocenters. The Morgan fingerprint density at radius 1 is 0.971 bits per heavy atom. The van der Waals surface area contributed by atoms with Crippen molar-refractivity contribution in [3.63, 3.8) is 0 Å². The van der Waals surface area contributed by atoms with E-state index in [2.05, 4.69) is 42.0 Å². The van der Waals surface area contributed by atoms with Gasteiger partial charge in [0.1, 0.15) is 5.75 Å². The third kappa shape index (κ3) is 5.84. The van der Waals surface area contributed by atoms with Crippen LogP contribution >= 0.6 is 0 Å². The van der Waals surface area contributed by atoms with Crippen molar-refractivity contribution in [2.75, 3.05) is 13.2 Å². The van der Waals surface area contributed by atoms with Crippen molar-refractivity contribution in [1.29, 1.82) is 0 Å². The quantitative estimate of drug-likeness (QED) is 0.257. The SMILES string of the molecule is CCC(CC)(c1ccc(C#CC2CCOCC2)c(C)c1)c1ccc(OS(=O)(=O)C(F)(F)F)c(C)c1. The summed E-state index contributed by atoms with van der Waals surface area (Å²) in [6.07, 6.45) is 3.39. The first-order valence-electron chi connectivity index (χ1n) is 11.8. The Morgan fingerprint density at radius 3 is 2.06 bits per heavy atom. The molecule has 0 aliphatic carbocycles. The predicted octanol–water partition coefficient (Wildman–Crippen LogP) is 6.42. The average Bonchev–Trinajstić information content (AvgIpc) is 2.81. The molecule has 8 heteroatoms. The van der Waals surface area contributed by atoms with Crippen molar-refractivity contribution in [3.05, 3.63) is 64.2 Å². The zero-order valence-corrected chi connectivity index (χ0v) is 21.3. The molecular weight excluding hydrogens is 477 g/mol. The van der Waals surface area contributed by atoms with Gasteiger partial charge in [0.2, 0.25) is 0 Å². The maximum atomic E-state index is 12.8. The topological polar surface area (TPSA) is 52.6 Å². The minimum atomic E-state index is -5.73. The molecule has 0 spiro atoms. The van der Waals surface area contributed by atoms with Crippen LogP contribution in [0.15, 0.2) is 36.4 Å². The molecule has 3 rings (SSSR count). The molecule has 1 heterocycles. The molecule has 4 nitrogen and oxygen atoms in total. The summed E-state index contributed by atoms with van der Waals surface area (Å²) in [7, 11) is -5.73. The lowest BCUT2D eigenvalue weighted by atomic mass is 9.70. The second kappa shape index (κ2) is 10.6. The molecule has 0 N–H and O–H groups in total. The van der Waals surface area contributed by atoms with Crippen molar-refractivity contribution >= 4 is 10.1 Å². The van der Waals surface area contributed by atoms with Gasteiger partial charge in [-0.25, -0.2) is 0 Å². The molecule has 190 valence electrons. The van der Waals surface area contributed by atoms with E-state index in [4.69, 9.17) is 4.74 Å². The zero-order chi connectivity index (χ0) is 25.9. The van der Waals surface area contributed by atoms with Gasteiger partial charge in [0.25, 0.3) is 0 Å². The predicted molar refractivity (Wildman–Crippen MR) is 130 cm³/mol. The first kappa shape index (κ1) is 27.1. The lowest BCUT2D eigenvalue weighted by molar-refractivity contribution is -0.0500. The summed E-state index contributed by atoms with van der Waals surface area (Å²) >= 11 is 0. The lowest BCUT2D eigenvalue weighted by Gasteiger charge is -2.34. The summed E-state index contributed by atoms with van der Waals surface area (Å²) in [6.45, 7) is 9.19. The standard InChI is InChI=1S/C27H31F3O4S/c1-5-26(6-2,24-11-12-25(20(4)18-24)34-35(31,32)27(28,29)30)23-10-9-22(19(3)17-23)8-7-21-13-15-33-16-14-21/h9-12,17-18,21H,5-6,13-16H2,1-4H3. The molecule has 0 saturated carbocycles. The fourth-order valence-electron chi connectivity index (χ4n) is 4.56. The minimum Gasteiger partial charge on any atom is -0.381 e. The van der Waals surface area contributed by atoms with Crippen molar-refractivity contribution in [3.8, 4) is 17.6 Å². The molecule has 1 saturated heterocycles. The Bertz CT molecular complexity index is 1210. The number of hydrogen-bond donors (Lipinski definition) is 0. The van der Waals surface area contributed by atoms with Crippen molar-refractivity contribution in [2.24, 2.45) is 5.92 Å². The summed E-state index contributed by atoms with van der Waals surface area (Å²) < 4.78 is 70.9. The molecule has 1 aliphatic rings. The molecule has 0 amide bonds. The molecule has 2 aromatic carbocycles. The smallest absolute Gasteiger partial charge is 0.381 e. The van der Waals surface area contributed by atoms with Gasteiger partial charge in [0.05, 0.1) is 0 Å². The third-order valence-corrected chi connectivity index (χ3v) is 7.79. The van der Waals surface area contributed by atoms with E-state index >= 15 is 0 Å². The number of ether oxygens (including phenoxy) is 1. The summed E-state index contributed by atoms with van der Waals surface area (Å²) in [6, 6.07) is 10.9. The number of benzene rings is 2. The van der Waals surface area contributed by atoms with Gasteiger partial charge in [-0.2, -0.15) is 21.6 Å². The van der Waals surface area contributed by atoms with Crippen LogP contribution in [0, 0.1) is 31.6 Å². The van der Waals surface area contributed by atoms with Crippen LogP contribution in [0.1, 0.15) is 67.3 Å². The Morgan fingerprint density at radius 2 is 1.54 bits per heavy atom. The summed E-state index contributed by atoms with van der Waals surface area (Å²) in [4.78, 5) is 0. The summed E-state index contributed by atoms with van der Waals surface area (Å²) in [5, 5.41) is 0. The highest BCUT2D eigenvalue weighted by Crippen LogP contribution is 2.41. The lowest BCUT2D eigenvalue weighted by Crippen LogP contribution is -2.29. The van der Waals surface area contributed by atoms with E-state index in [1.165, 1.54) is 6.07 Å². The number of alkyl halides is 3. The maximum absolute atomic E-state index is 12.8. The molecule has 35 heavy (non-hydrogen) atoms. The normalized spacial score (nSPS) is 15.4. The van der Waals surface area contributed by atoms with E-state index < -0.39 is 21.0 Å². The van der Waals surface area contributed by atoms with Gasteiger partial charge in [-0.05, 0) is 73.9 Å². The number of halogens is 3. The zero-order valence-electron chi connectivity index (χ0n) is 20.5. The third-order valence-electron chi connectivity index (χ3n) is 6.83. The summed E-state index contributed by atoms with van der Waals surface area (Å²) in [5.74, 6) is 6.70. The van der Waals surface area contributed by atoms with E-state index in [1.54, 1.807) is 19.1 Å². The molecule has 0 bridgehead atoms. The van der Waals surface area contributed by atoms with Crippen LogP contribution in [0.4, 0.5) is 13.2 Å². The van der Waals surface area contributed by atoms with Crippen LogP contribution in [0.5, 0.6) is 5.75 Å². The van der Waals surface area contributed by atoms with Crippen molar-refractivity contribution < 1.29 is 30.5 Å². The van der Waals surface area contributed by atoms with Gasteiger partial charge in [-0.15, -0.1) is 0 Å². The second-order valence-electron chi connectivity index (χ2n) is 8.94. The van der Waals surface area contributed by atoms with E-state index in [-0.39, 0.29) is 5.75 Å². The van der Waals surface area contributed by atoms with E-state index in [1.807, 2.05) is 13.0 Å². The van der Waals surface area contributed by atoms with Gasteiger partial charge in [-0.1, -0.05) is 50.0 Å². The highest BCUT2D eigenvalue weighted by atomic mass is 32.2. The number of rotatable bonds is 6. The fourth-order valence-corrected chi connectivity index (χ4v) is 5.08. The van der Waals surface area contributed by atoms with Crippen LogP contribution in [-0.4, -0.2) is 27.1 Å². The van der Waals surface area contributed by atoms with E-state index in [9.17, 15) is 21.6 Å². The number of aryl methyl sites for hydroxylation is 2. The van der Waals surface area contributed by atoms with Crippen LogP contribution < -0.4 is 4.18 Å². The molecule has 0 unspecified atom stereocenters. The Kier molecular flexibility index (Phi) is 8.23. The summed E-state index contributed by atoms with van der Waals surface area (Å²) in [5.41, 5.74) is -1.58. The van der Waals surface area contributed by atoms with Crippen LogP contribution in [0.25, 0.3) is 0 Å². The average molecular weight is 509 g/mol. The Balaban J connectivity index is 1.94. The highest BCUT2D eigenvalue weighted by molar-refractivity contribution is 7.88. The molecule has 2 aromatic rings. The number of hydrogen-bond acceptors (Lipinski definition) is 4. The molecular formula is C27H31F3O4S. The van der Waals surface area contributed by atoms with Crippen molar-refractivity contribution in [2.45, 2.75) is 64.3 Å². The largest absolute Gasteiger partial charge is 0.534 e. The van der Waals surface area contributed by atoms with Gasteiger partial charge in [0, 0.05) is 30.1 Å². The Labute approximate surface area is 206 Å². The Hall–Kier alpha value is -2.50. The van der Waals surface area contributed by atoms with Crippen LogP contribution in [-0.2, 0) is 20.3 Å². The fraction of sp³-hybridized carbons (Fsp3) is 0.481. The molecule has 0 aromatic heterocycles. The van der Waals surface area contributed by atoms with Crippen LogP contribution in [0.2, 0.25) is 0 Å². The molecule has 1 fully saturated rings. The molecule has 0 radical (unpaired) electrons. The van der Waals surface area contributed by atoms with Gasteiger partial charge >= 0.3 is 15.6 Å². The van der Waals surface area contributed by atoms with Gasteiger partial charge in [0.15, 0.2) is 0 Å². The first-order chi connectivity index (χ1) is 16.4. The minimum absolute atomic E-state index is 0.317. The van der Waals surface area contributed by atoms with Crippen LogP contribution in [0.3, 0.4) is 0 Å². The van der Waals surface area contributed by atoms with E-state index in [0.29, 0.717) is 11.5 Å². The van der Waals surface area contributed by atoms with Crippen molar-refractivity contribution in [1.82, 2.24) is 0 Å². The first-order valence-corrected chi connectivity index (χ1v) is 13.2. The molecule has 1 aliphatic heterocycles. The van der Waals surface area contributed by atoms with Gasteiger partial charge < -0.3 is 8.92 Å². The highest BCUT2D eigenvalue weighted by Gasteiger charge is 2.48. The van der Waals surface area contributed by atoms with E-state index in [0.717, 1.165) is 61.2 Å². The maximum Gasteiger partial charge on any atom is 0.534 e. The monoisotopic (exact) mass is 508 g/mol. The van der Waals surface area contributed by atoms with Gasteiger partial charge in [-0.3, -0.25) is 0 Å².